The first-order valence-electron chi connectivity index (χ1n) is 13.3. The Kier molecular flexibility index (Phi) is 25.0. The van der Waals surface area contributed by atoms with Crippen LogP contribution in [0.2, 0.25) is 0 Å². The lowest BCUT2D eigenvalue weighted by Gasteiger charge is -2.27. The third-order valence-electron chi connectivity index (χ3n) is 5.26. The highest BCUT2D eigenvalue weighted by Gasteiger charge is 2.28. The van der Waals surface area contributed by atoms with Crippen molar-refractivity contribution in [3.63, 3.8) is 0 Å². The number of allylic oxidation sites excluding steroid dienone is 4. The summed E-state index contributed by atoms with van der Waals surface area (Å²) < 4.78 is 21.5. The molecule has 3 N–H and O–H groups in total. The molecule has 0 saturated carbocycles. The molecule has 0 spiro atoms. The molecule has 0 saturated heterocycles. The van der Waals surface area contributed by atoms with E-state index in [0.29, 0.717) is 24.2 Å². The topological polar surface area (TPSA) is 96.2 Å². The molecule has 0 aromatic rings. The van der Waals surface area contributed by atoms with Crippen LogP contribution in [-0.4, -0.2) is 85.8 Å². The maximum absolute atomic E-state index is 10.7. The van der Waals surface area contributed by atoms with Gasteiger partial charge in [0.05, 0.1) is 40.9 Å². The van der Waals surface area contributed by atoms with Crippen LogP contribution in [0.25, 0.3) is 0 Å². The standard InChI is InChI=1S/C21H40O3.C6H16NO3P/c1-3-4-5-6-7-8-9-10-11-12-13-14-15-16-17-18-24-20-21(22)19-23-2;1-6(11(8,9)10)5-7(2,3)4/h6-7,12-13,21-22H,3-5,8-11,14-20H2,1-2H3;6H,5H2,1-4H3,(H-,8,9,10)/p+1/b7-6-,13-12-;/t21-;/m0./s1. The van der Waals surface area contributed by atoms with E-state index in [-0.39, 0.29) is 0 Å². The Morgan fingerprint density at radius 3 is 1.71 bits per heavy atom. The molecule has 1 unspecified atom stereocenters. The average Bonchev–Trinajstić information content (AvgIpc) is 2.75. The Morgan fingerprint density at radius 2 is 1.31 bits per heavy atom. The third kappa shape index (κ3) is 31.4. The van der Waals surface area contributed by atoms with Crippen molar-refractivity contribution in [3.8, 4) is 0 Å². The zero-order valence-corrected chi connectivity index (χ0v) is 24.4. The fraction of sp³-hybridized carbons (Fsp3) is 0.852. The summed E-state index contributed by atoms with van der Waals surface area (Å²) in [5.74, 6) is 0. The smallest absolute Gasteiger partial charge is 0.333 e. The van der Waals surface area contributed by atoms with E-state index in [1.54, 1.807) is 14.0 Å². The van der Waals surface area contributed by atoms with Gasteiger partial charge in [-0.05, 0) is 58.3 Å². The molecule has 0 aliphatic carbocycles. The van der Waals surface area contributed by atoms with Gasteiger partial charge >= 0.3 is 7.60 Å². The highest BCUT2D eigenvalue weighted by molar-refractivity contribution is 7.52. The Labute approximate surface area is 216 Å². The Balaban J connectivity index is 0. The molecule has 0 radical (unpaired) electrons. The van der Waals surface area contributed by atoms with Gasteiger partial charge in [0.25, 0.3) is 0 Å². The lowest BCUT2D eigenvalue weighted by molar-refractivity contribution is -0.869. The average molecular weight is 523 g/mol. The number of ether oxygens (including phenoxy) is 2. The number of unbranched alkanes of at least 4 members (excludes halogenated alkanes) is 8. The van der Waals surface area contributed by atoms with Gasteiger partial charge in [-0.2, -0.15) is 0 Å². The molecule has 210 valence electrons. The summed E-state index contributed by atoms with van der Waals surface area (Å²) in [5.41, 5.74) is -0.553. The van der Waals surface area contributed by atoms with Crippen molar-refractivity contribution < 1.29 is 33.4 Å². The van der Waals surface area contributed by atoms with E-state index < -0.39 is 19.4 Å². The van der Waals surface area contributed by atoms with Crippen molar-refractivity contribution in [1.82, 2.24) is 0 Å². The van der Waals surface area contributed by atoms with E-state index in [1.165, 1.54) is 64.2 Å². The van der Waals surface area contributed by atoms with Crippen LogP contribution in [0.4, 0.5) is 0 Å². The van der Waals surface area contributed by atoms with Gasteiger partial charge in [-0.1, -0.05) is 50.5 Å². The molecule has 2 atom stereocenters. The summed E-state index contributed by atoms with van der Waals surface area (Å²) in [5, 5.41) is 9.41. The van der Waals surface area contributed by atoms with E-state index in [2.05, 4.69) is 31.2 Å². The predicted octanol–water partition coefficient (Wildman–Crippen LogP) is 5.69. The fourth-order valence-corrected chi connectivity index (χ4v) is 4.02. The molecule has 0 aliphatic heterocycles. The van der Waals surface area contributed by atoms with Gasteiger partial charge in [-0.25, -0.2) is 0 Å². The molecular weight excluding hydrogens is 465 g/mol. The van der Waals surface area contributed by atoms with Crippen LogP contribution < -0.4 is 0 Å². The second kappa shape index (κ2) is 23.8. The van der Waals surface area contributed by atoms with Crippen LogP contribution in [0.15, 0.2) is 24.3 Å². The SMILES string of the molecule is CC(C[N+](C)(C)C)P(=O)(O)O.CCCC/C=C\CCCC/C=C\CCCCCOC[C@@H](O)COC. The number of nitrogens with zero attached hydrogens (tertiary/aromatic N) is 1. The van der Waals surface area contributed by atoms with Gasteiger partial charge in [-0.15, -0.1) is 0 Å². The van der Waals surface area contributed by atoms with E-state index in [0.717, 1.165) is 13.0 Å². The third-order valence-corrected chi connectivity index (χ3v) is 6.58. The van der Waals surface area contributed by atoms with Gasteiger partial charge in [0, 0.05) is 13.7 Å². The second-order valence-electron chi connectivity index (χ2n) is 10.3. The van der Waals surface area contributed by atoms with Crippen molar-refractivity contribution in [2.45, 2.75) is 96.2 Å². The summed E-state index contributed by atoms with van der Waals surface area (Å²) >= 11 is 0. The summed E-state index contributed by atoms with van der Waals surface area (Å²) in [6.45, 7) is 5.76. The van der Waals surface area contributed by atoms with Crippen molar-refractivity contribution in [3.05, 3.63) is 24.3 Å². The second-order valence-corrected chi connectivity index (χ2v) is 12.4. The molecule has 0 fully saturated rings. The van der Waals surface area contributed by atoms with Crippen molar-refractivity contribution >= 4 is 7.60 Å². The van der Waals surface area contributed by atoms with Gasteiger partial charge in [0.2, 0.25) is 0 Å². The minimum atomic E-state index is -3.87. The zero-order chi connectivity index (χ0) is 27.0. The molecular formula is C27H57NO6P+. The summed E-state index contributed by atoms with van der Waals surface area (Å²) in [6, 6.07) is 0. The number of quaternary nitrogens is 1. The fourth-order valence-electron chi connectivity index (χ4n) is 3.32. The van der Waals surface area contributed by atoms with Gasteiger partial charge < -0.3 is 28.9 Å². The van der Waals surface area contributed by atoms with E-state index in [4.69, 9.17) is 19.3 Å². The minimum Gasteiger partial charge on any atom is -0.388 e. The zero-order valence-electron chi connectivity index (χ0n) is 23.5. The molecule has 0 amide bonds. The molecule has 8 heteroatoms. The van der Waals surface area contributed by atoms with Gasteiger partial charge in [0.1, 0.15) is 11.8 Å². The van der Waals surface area contributed by atoms with Crippen molar-refractivity contribution in [2.24, 2.45) is 0 Å². The maximum Gasteiger partial charge on any atom is 0.333 e. The number of methoxy groups -OCH3 is 1. The quantitative estimate of drug-likeness (QED) is 0.0775. The summed E-state index contributed by atoms with van der Waals surface area (Å²) in [4.78, 5) is 17.5. The number of aliphatic hydroxyl groups excluding tert-OH is 1. The molecule has 0 aromatic heterocycles. The molecule has 0 aromatic carbocycles. The highest BCUT2D eigenvalue weighted by Crippen LogP contribution is 2.41. The summed E-state index contributed by atoms with van der Waals surface area (Å²) in [7, 11) is 3.44. The van der Waals surface area contributed by atoms with Crippen LogP contribution in [0.1, 0.15) is 84.5 Å². The first kappa shape index (κ1) is 36.6. The number of rotatable bonds is 21. The molecule has 7 nitrogen and oxygen atoms in total. The van der Waals surface area contributed by atoms with E-state index in [1.807, 2.05) is 21.1 Å². The largest absolute Gasteiger partial charge is 0.388 e. The van der Waals surface area contributed by atoms with Crippen LogP contribution >= 0.6 is 7.60 Å². The molecule has 35 heavy (non-hydrogen) atoms. The Morgan fingerprint density at radius 1 is 0.829 bits per heavy atom. The van der Waals surface area contributed by atoms with E-state index in [9.17, 15) is 9.67 Å². The van der Waals surface area contributed by atoms with Gasteiger partial charge in [-0.3, -0.25) is 4.57 Å². The number of aliphatic hydroxyl groups is 1. The Bertz CT molecular complexity index is 556. The van der Waals surface area contributed by atoms with Crippen molar-refractivity contribution in [2.75, 3.05) is 54.6 Å². The molecule has 0 bridgehead atoms. The van der Waals surface area contributed by atoms with Crippen LogP contribution in [-0.2, 0) is 14.0 Å². The molecule has 0 rings (SSSR count). The first-order chi connectivity index (χ1) is 16.4. The lowest BCUT2D eigenvalue weighted by atomic mass is 10.1. The normalized spacial score (nSPS) is 14.3. The minimum absolute atomic E-state index is 0.347. The predicted molar refractivity (Wildman–Crippen MR) is 148 cm³/mol. The number of hydrogen-bond acceptors (Lipinski definition) is 4. The van der Waals surface area contributed by atoms with Crippen LogP contribution in [0.3, 0.4) is 0 Å². The number of hydrogen-bond donors (Lipinski definition) is 3. The highest BCUT2D eigenvalue weighted by atomic mass is 31.2. The van der Waals surface area contributed by atoms with Crippen LogP contribution in [0, 0.1) is 0 Å². The van der Waals surface area contributed by atoms with Crippen LogP contribution in [0.5, 0.6) is 0 Å². The monoisotopic (exact) mass is 522 g/mol. The molecule has 0 aliphatic rings. The first-order valence-corrected chi connectivity index (χ1v) is 15.0. The molecule has 0 heterocycles. The summed E-state index contributed by atoms with van der Waals surface area (Å²) in [6.07, 6.45) is 22.4. The van der Waals surface area contributed by atoms with Gasteiger partial charge in [0.15, 0.2) is 0 Å². The lowest BCUT2D eigenvalue weighted by Crippen LogP contribution is -2.40. The van der Waals surface area contributed by atoms with E-state index >= 15 is 0 Å². The van der Waals surface area contributed by atoms with Crippen molar-refractivity contribution in [1.29, 1.82) is 0 Å². The Hall–Kier alpha value is -0.530. The maximum atomic E-state index is 10.7.